The summed E-state index contributed by atoms with van der Waals surface area (Å²) in [5.41, 5.74) is 6.46. The maximum absolute atomic E-state index is 6.04. The average Bonchev–Trinajstić information content (AvgIpc) is 2.86. The standard InChI is InChI=1S/C12H14Cl2N4O/c1-3-6(2)9(15)12-17-11(18-19-12)10-8(14)4-7(13)5-16-10/h4-6,9H,3,15H2,1-2H3/t6?,9-/m0/s1. The van der Waals surface area contributed by atoms with Gasteiger partial charge < -0.3 is 10.3 Å². The van der Waals surface area contributed by atoms with Gasteiger partial charge >= 0.3 is 0 Å². The van der Waals surface area contributed by atoms with Crippen molar-refractivity contribution in [1.82, 2.24) is 15.1 Å². The van der Waals surface area contributed by atoms with Crippen LogP contribution in [0.4, 0.5) is 0 Å². The third-order valence-electron chi connectivity index (χ3n) is 3.00. The summed E-state index contributed by atoms with van der Waals surface area (Å²) in [6.45, 7) is 4.08. The minimum atomic E-state index is -0.294. The topological polar surface area (TPSA) is 77.8 Å². The Kier molecular flexibility index (Phi) is 4.39. The Bertz CT molecular complexity index is 573. The Morgan fingerprint density at radius 1 is 1.42 bits per heavy atom. The minimum absolute atomic E-state index is 0.252. The zero-order chi connectivity index (χ0) is 14.0. The van der Waals surface area contributed by atoms with E-state index in [1.807, 2.05) is 6.92 Å². The van der Waals surface area contributed by atoms with Crippen molar-refractivity contribution in [1.29, 1.82) is 0 Å². The van der Waals surface area contributed by atoms with E-state index < -0.39 is 0 Å². The van der Waals surface area contributed by atoms with Crippen molar-refractivity contribution in [2.24, 2.45) is 11.7 Å². The van der Waals surface area contributed by atoms with E-state index >= 15 is 0 Å². The molecule has 0 saturated heterocycles. The van der Waals surface area contributed by atoms with Gasteiger partial charge in [-0.05, 0) is 12.0 Å². The van der Waals surface area contributed by atoms with Gasteiger partial charge in [0.15, 0.2) is 0 Å². The molecule has 2 atom stereocenters. The van der Waals surface area contributed by atoms with Crippen LogP contribution >= 0.6 is 23.2 Å². The molecule has 0 amide bonds. The molecule has 0 saturated carbocycles. The van der Waals surface area contributed by atoms with Crippen molar-refractivity contribution in [2.45, 2.75) is 26.3 Å². The van der Waals surface area contributed by atoms with Crippen LogP contribution in [0.25, 0.3) is 11.5 Å². The van der Waals surface area contributed by atoms with Crippen molar-refractivity contribution >= 4 is 23.2 Å². The van der Waals surface area contributed by atoms with Crippen molar-refractivity contribution in [3.05, 3.63) is 28.2 Å². The second-order valence-electron chi connectivity index (χ2n) is 4.35. The smallest absolute Gasteiger partial charge is 0.244 e. The van der Waals surface area contributed by atoms with E-state index in [2.05, 4.69) is 22.0 Å². The Morgan fingerprint density at radius 3 is 2.79 bits per heavy atom. The molecule has 0 aromatic carbocycles. The first-order valence-corrected chi connectivity index (χ1v) is 6.69. The maximum Gasteiger partial charge on any atom is 0.244 e. The average molecular weight is 301 g/mol. The first kappa shape index (κ1) is 14.2. The predicted molar refractivity (Wildman–Crippen MR) is 73.9 cm³/mol. The molecule has 0 spiro atoms. The predicted octanol–water partition coefficient (Wildman–Crippen LogP) is 3.48. The highest BCUT2D eigenvalue weighted by molar-refractivity contribution is 6.35. The van der Waals surface area contributed by atoms with Crippen molar-refractivity contribution in [2.75, 3.05) is 0 Å². The molecule has 2 heterocycles. The van der Waals surface area contributed by atoms with Crippen LogP contribution in [0.3, 0.4) is 0 Å². The van der Waals surface area contributed by atoms with Gasteiger partial charge in [-0.15, -0.1) is 0 Å². The highest BCUT2D eigenvalue weighted by atomic mass is 35.5. The summed E-state index contributed by atoms with van der Waals surface area (Å²) in [5, 5.41) is 4.68. The molecule has 0 fully saturated rings. The van der Waals surface area contributed by atoms with E-state index in [4.69, 9.17) is 33.5 Å². The second-order valence-corrected chi connectivity index (χ2v) is 5.20. The Labute approximate surface area is 121 Å². The Balaban J connectivity index is 2.30. The number of hydrogen-bond donors (Lipinski definition) is 1. The van der Waals surface area contributed by atoms with Gasteiger partial charge in [0.25, 0.3) is 0 Å². The van der Waals surface area contributed by atoms with Crippen LogP contribution in [0, 0.1) is 5.92 Å². The lowest BCUT2D eigenvalue weighted by Gasteiger charge is -2.12. The molecule has 0 bridgehead atoms. The van der Waals surface area contributed by atoms with Crippen LogP contribution in [0.5, 0.6) is 0 Å². The summed E-state index contributed by atoms with van der Waals surface area (Å²) in [6, 6.07) is 1.29. The number of nitrogens with two attached hydrogens (primary N) is 1. The molecule has 7 heteroatoms. The molecular weight excluding hydrogens is 287 g/mol. The third-order valence-corrected chi connectivity index (χ3v) is 3.50. The fourth-order valence-electron chi connectivity index (χ4n) is 1.54. The van der Waals surface area contributed by atoms with E-state index in [9.17, 15) is 0 Å². The molecule has 0 radical (unpaired) electrons. The summed E-state index contributed by atoms with van der Waals surface area (Å²) < 4.78 is 5.17. The maximum atomic E-state index is 6.04. The summed E-state index contributed by atoms with van der Waals surface area (Å²) in [5.74, 6) is 0.953. The van der Waals surface area contributed by atoms with Crippen LogP contribution in [-0.2, 0) is 0 Å². The zero-order valence-electron chi connectivity index (χ0n) is 10.6. The number of nitrogens with zero attached hydrogens (tertiary/aromatic N) is 3. The molecular formula is C12H14Cl2N4O. The van der Waals surface area contributed by atoms with E-state index in [0.29, 0.717) is 27.5 Å². The molecule has 2 aromatic rings. The van der Waals surface area contributed by atoms with E-state index in [0.717, 1.165) is 6.42 Å². The largest absolute Gasteiger partial charge is 0.337 e. The minimum Gasteiger partial charge on any atom is -0.337 e. The quantitative estimate of drug-likeness (QED) is 0.935. The molecule has 19 heavy (non-hydrogen) atoms. The van der Waals surface area contributed by atoms with E-state index in [1.54, 1.807) is 6.07 Å². The van der Waals surface area contributed by atoms with Crippen LogP contribution in [0.2, 0.25) is 10.0 Å². The van der Waals surface area contributed by atoms with Gasteiger partial charge in [0.05, 0.1) is 16.1 Å². The lowest BCUT2D eigenvalue weighted by atomic mass is 10.0. The number of aromatic nitrogens is 3. The number of halogens is 2. The van der Waals surface area contributed by atoms with Gasteiger partial charge in [-0.25, -0.2) is 4.98 Å². The lowest BCUT2D eigenvalue weighted by molar-refractivity contribution is 0.312. The van der Waals surface area contributed by atoms with Crippen LogP contribution < -0.4 is 5.73 Å². The number of hydrogen-bond acceptors (Lipinski definition) is 5. The van der Waals surface area contributed by atoms with Gasteiger partial charge in [-0.2, -0.15) is 4.98 Å². The third kappa shape index (κ3) is 3.05. The van der Waals surface area contributed by atoms with E-state index in [-0.39, 0.29) is 12.0 Å². The molecule has 2 N–H and O–H groups in total. The first-order chi connectivity index (χ1) is 9.02. The molecule has 0 aliphatic heterocycles. The number of pyridine rings is 1. The van der Waals surface area contributed by atoms with Crippen molar-refractivity contribution in [3.63, 3.8) is 0 Å². The zero-order valence-corrected chi connectivity index (χ0v) is 12.1. The van der Waals surface area contributed by atoms with Crippen molar-refractivity contribution < 1.29 is 4.52 Å². The summed E-state index contributed by atoms with van der Waals surface area (Å²) in [4.78, 5) is 8.34. The molecule has 2 aromatic heterocycles. The monoisotopic (exact) mass is 300 g/mol. The SMILES string of the molecule is CCC(C)[C@H](N)c1nc(-c2ncc(Cl)cc2Cl)no1. The fraction of sp³-hybridized carbons (Fsp3) is 0.417. The Hall–Kier alpha value is -1.17. The van der Waals surface area contributed by atoms with Crippen LogP contribution in [0.15, 0.2) is 16.8 Å². The van der Waals surface area contributed by atoms with Gasteiger partial charge in [-0.3, -0.25) is 0 Å². The normalized spacial score (nSPS) is 14.4. The van der Waals surface area contributed by atoms with Gasteiger partial charge in [0.2, 0.25) is 11.7 Å². The van der Waals surface area contributed by atoms with Crippen molar-refractivity contribution in [3.8, 4) is 11.5 Å². The summed E-state index contributed by atoms with van der Waals surface area (Å²) >= 11 is 11.8. The van der Waals surface area contributed by atoms with Gasteiger partial charge in [-0.1, -0.05) is 48.6 Å². The molecule has 5 nitrogen and oxygen atoms in total. The molecule has 0 aliphatic carbocycles. The Morgan fingerprint density at radius 2 is 2.16 bits per heavy atom. The van der Waals surface area contributed by atoms with E-state index in [1.165, 1.54) is 6.20 Å². The van der Waals surface area contributed by atoms with Crippen LogP contribution in [0.1, 0.15) is 32.2 Å². The second kappa shape index (κ2) is 5.86. The molecule has 1 unspecified atom stereocenters. The first-order valence-electron chi connectivity index (χ1n) is 5.93. The summed E-state index contributed by atoms with van der Waals surface area (Å²) in [7, 11) is 0. The lowest BCUT2D eigenvalue weighted by Crippen LogP contribution is -2.18. The van der Waals surface area contributed by atoms with Crippen LogP contribution in [-0.4, -0.2) is 15.1 Å². The van der Waals surface area contributed by atoms with Gasteiger partial charge in [0.1, 0.15) is 5.69 Å². The fourth-order valence-corrected chi connectivity index (χ4v) is 2.01. The molecule has 2 rings (SSSR count). The van der Waals surface area contributed by atoms with Gasteiger partial charge in [0, 0.05) is 6.20 Å². The molecule has 0 aliphatic rings. The highest BCUT2D eigenvalue weighted by Crippen LogP contribution is 2.27. The number of rotatable bonds is 4. The highest BCUT2D eigenvalue weighted by Gasteiger charge is 2.21. The molecule has 102 valence electrons. The summed E-state index contributed by atoms with van der Waals surface area (Å²) in [6.07, 6.45) is 2.41.